The van der Waals surface area contributed by atoms with Gasteiger partial charge in [0, 0.05) is 82.0 Å². The molecule has 4 aromatic rings. The third kappa shape index (κ3) is 10.6. The van der Waals surface area contributed by atoms with E-state index in [1.165, 1.54) is 12.1 Å². The van der Waals surface area contributed by atoms with E-state index in [1.54, 1.807) is 46.2 Å². The van der Waals surface area contributed by atoms with Gasteiger partial charge >= 0.3 is 0 Å². The Morgan fingerprint density at radius 1 is 0.704 bits per heavy atom. The van der Waals surface area contributed by atoms with Gasteiger partial charge < -0.3 is 24.9 Å². The molecule has 1 spiro atoms. The molecular formula is C55H66F2N8O6. The highest BCUT2D eigenvalue weighted by molar-refractivity contribution is 5.98. The number of amides is 5. The maximum atomic E-state index is 16.4. The molecule has 0 bridgehead atoms. The van der Waals surface area contributed by atoms with Gasteiger partial charge in [0.15, 0.2) is 0 Å². The summed E-state index contributed by atoms with van der Waals surface area (Å²) in [5.74, 6) is -2.11. The molecule has 16 heteroatoms. The number of piperazine rings is 1. The summed E-state index contributed by atoms with van der Waals surface area (Å²) in [5, 5.41) is 11.0. The van der Waals surface area contributed by atoms with Gasteiger partial charge in [-0.2, -0.15) is 5.10 Å². The lowest BCUT2D eigenvalue weighted by Crippen LogP contribution is -2.59. The lowest BCUT2D eigenvalue weighted by Gasteiger charge is -2.49. The quantitative estimate of drug-likeness (QED) is 0.178. The molecule has 2 saturated carbocycles. The van der Waals surface area contributed by atoms with Gasteiger partial charge in [-0.3, -0.25) is 33.7 Å². The summed E-state index contributed by atoms with van der Waals surface area (Å²) in [4.78, 5) is 90.9. The molecule has 376 valence electrons. The monoisotopic (exact) mass is 973 g/mol. The average Bonchev–Trinajstić information content (AvgIpc) is 4.25. The molecule has 3 aromatic carbocycles. The molecule has 6 aliphatic rings. The number of fused-ring (bicyclic) bond motifs is 1. The Morgan fingerprint density at radius 3 is 2.17 bits per heavy atom. The number of H-pyrrole nitrogens is 1. The lowest BCUT2D eigenvalue weighted by molar-refractivity contribution is -0.141. The summed E-state index contributed by atoms with van der Waals surface area (Å²) in [7, 11) is 0. The zero-order valence-corrected chi connectivity index (χ0v) is 40.6. The van der Waals surface area contributed by atoms with Crippen molar-refractivity contribution in [3.63, 3.8) is 0 Å². The Kier molecular flexibility index (Phi) is 14.4. The van der Waals surface area contributed by atoms with Crippen LogP contribution in [0.3, 0.4) is 0 Å². The number of hydrogen-bond acceptors (Lipinski definition) is 8. The first-order valence-corrected chi connectivity index (χ1v) is 26.1. The van der Waals surface area contributed by atoms with Crippen LogP contribution >= 0.6 is 0 Å². The number of rotatable bonds is 11. The summed E-state index contributed by atoms with van der Waals surface area (Å²) >= 11 is 0. The van der Waals surface area contributed by atoms with Crippen molar-refractivity contribution in [1.29, 1.82) is 0 Å². The van der Waals surface area contributed by atoms with Crippen molar-refractivity contribution in [2.24, 2.45) is 17.3 Å². The smallest absolute Gasteiger partial charge is 0.272 e. The number of nitrogens with one attached hydrogen (secondary N) is 2. The van der Waals surface area contributed by atoms with Crippen molar-refractivity contribution in [2.75, 3.05) is 72.0 Å². The summed E-state index contributed by atoms with van der Waals surface area (Å²) in [6.45, 7) is 5.08. The molecule has 71 heavy (non-hydrogen) atoms. The summed E-state index contributed by atoms with van der Waals surface area (Å²) < 4.78 is 31.6. The van der Waals surface area contributed by atoms with Crippen molar-refractivity contribution in [3.8, 4) is 0 Å². The molecule has 5 heterocycles. The maximum Gasteiger partial charge on any atom is 0.272 e. The minimum Gasteiger partial charge on any atom is -0.342 e. The van der Waals surface area contributed by atoms with Crippen molar-refractivity contribution >= 4 is 40.3 Å². The number of carbonyl (C=O) groups is 5. The molecule has 4 saturated heterocycles. The van der Waals surface area contributed by atoms with Crippen LogP contribution in [0, 0.1) is 28.9 Å². The summed E-state index contributed by atoms with van der Waals surface area (Å²) in [6.07, 6.45) is 11.7. The SMILES string of the molecule is O=C(N[C@@H](C(=O)N1CCCC2(CCCN(CC(=O)N3CCN(C(=O)c4cc(Cc5n[nH]c(=O)c6ccccc56)ccc4F)CC3)C2)C1)C1CCCCC1)c1cccc(C2CCN(C(=O)C3CC3)CC2)c1F. The van der Waals surface area contributed by atoms with Gasteiger partial charge in [0.2, 0.25) is 17.7 Å². The molecule has 6 fully saturated rings. The maximum absolute atomic E-state index is 16.4. The van der Waals surface area contributed by atoms with E-state index in [0.29, 0.717) is 86.2 Å². The molecule has 1 aromatic heterocycles. The Bertz CT molecular complexity index is 2720. The molecular weight excluding hydrogens is 907 g/mol. The largest absolute Gasteiger partial charge is 0.342 e. The molecule has 2 atom stereocenters. The van der Waals surface area contributed by atoms with E-state index in [9.17, 15) is 28.8 Å². The molecule has 1 unspecified atom stereocenters. The van der Waals surface area contributed by atoms with Crippen LogP contribution in [0.4, 0.5) is 8.78 Å². The minimum absolute atomic E-state index is 0.0304. The van der Waals surface area contributed by atoms with E-state index in [2.05, 4.69) is 20.4 Å². The van der Waals surface area contributed by atoms with Crippen LogP contribution in [0.2, 0.25) is 0 Å². The molecule has 2 N–H and O–H groups in total. The lowest BCUT2D eigenvalue weighted by atomic mass is 9.73. The van der Waals surface area contributed by atoms with Crippen molar-refractivity contribution < 1.29 is 32.8 Å². The van der Waals surface area contributed by atoms with Gasteiger partial charge in [0.05, 0.1) is 28.8 Å². The predicted molar refractivity (Wildman–Crippen MR) is 263 cm³/mol. The van der Waals surface area contributed by atoms with Crippen LogP contribution in [-0.4, -0.2) is 142 Å². The van der Waals surface area contributed by atoms with Crippen LogP contribution in [0.1, 0.15) is 127 Å². The first-order valence-electron chi connectivity index (χ1n) is 26.1. The standard InChI is InChI=1S/C55H66F2N8O6/c56-45-18-15-36(32-46-41-11-4-5-12-42(41)51(68)60-59-46)31-44(45)53(70)64-29-27-62(28-30-64)47(66)33-61-23-7-21-55(34-61)22-8-24-65(35-55)54(71)49(38-9-2-1-3-10-38)58-50(67)43-14-6-13-40(48(43)57)37-19-25-63(26-20-37)52(69)39-16-17-39/h4-6,11-15,18,31,37-39,49H,1-3,7-10,16-17,19-30,32-35H2,(H,58,67)(H,60,68)/t49-,55?/m1/s1. The highest BCUT2D eigenvalue weighted by Gasteiger charge is 2.44. The number of nitrogens with zero attached hydrogens (tertiary/aromatic N) is 6. The normalized spacial score (nSPS) is 22.2. The van der Waals surface area contributed by atoms with E-state index in [4.69, 9.17) is 0 Å². The second-order valence-corrected chi connectivity index (χ2v) is 21.3. The summed E-state index contributed by atoms with van der Waals surface area (Å²) in [5.41, 5.74) is 1.18. The van der Waals surface area contributed by atoms with Gasteiger partial charge in [0.1, 0.15) is 17.7 Å². The molecule has 0 radical (unpaired) electrons. The Balaban J connectivity index is 0.742. The van der Waals surface area contributed by atoms with E-state index in [1.807, 2.05) is 21.9 Å². The number of aromatic amines is 1. The van der Waals surface area contributed by atoms with Crippen LogP contribution < -0.4 is 10.9 Å². The average molecular weight is 973 g/mol. The molecule has 5 amide bonds. The van der Waals surface area contributed by atoms with E-state index < -0.39 is 29.5 Å². The third-order valence-electron chi connectivity index (χ3n) is 16.5. The van der Waals surface area contributed by atoms with Gasteiger partial charge in [0.25, 0.3) is 17.4 Å². The fourth-order valence-electron chi connectivity index (χ4n) is 12.4. The highest BCUT2D eigenvalue weighted by atomic mass is 19.1. The molecule has 4 aliphatic heterocycles. The Morgan fingerprint density at radius 2 is 1.42 bits per heavy atom. The number of aromatic nitrogens is 2. The number of hydrogen-bond donors (Lipinski definition) is 2. The zero-order valence-electron chi connectivity index (χ0n) is 40.6. The predicted octanol–water partition coefficient (Wildman–Crippen LogP) is 6.28. The van der Waals surface area contributed by atoms with E-state index >= 15 is 8.78 Å². The number of halogens is 2. The second kappa shape index (κ2) is 21.0. The van der Waals surface area contributed by atoms with Crippen molar-refractivity contribution in [3.05, 3.63) is 111 Å². The van der Waals surface area contributed by atoms with Gasteiger partial charge in [-0.05, 0) is 118 Å². The van der Waals surface area contributed by atoms with Gasteiger partial charge in [-0.15, -0.1) is 0 Å². The molecule has 14 nitrogen and oxygen atoms in total. The number of carbonyl (C=O) groups excluding carboxylic acids is 5. The highest BCUT2D eigenvalue weighted by Crippen LogP contribution is 2.40. The van der Waals surface area contributed by atoms with Crippen LogP contribution in [0.5, 0.6) is 0 Å². The summed E-state index contributed by atoms with van der Waals surface area (Å²) in [6, 6.07) is 15.8. The third-order valence-corrected chi connectivity index (χ3v) is 16.5. The van der Waals surface area contributed by atoms with E-state index in [0.717, 1.165) is 77.2 Å². The Hall–Kier alpha value is -6.03. The first kappa shape index (κ1) is 48.6. The first-order chi connectivity index (χ1) is 34.4. The fraction of sp³-hybridized carbons (Fsp3) is 0.545. The van der Waals surface area contributed by atoms with Crippen LogP contribution in [0.15, 0.2) is 65.5 Å². The number of piperidine rings is 3. The molecule has 10 rings (SSSR count). The van der Waals surface area contributed by atoms with Crippen LogP contribution in [0.25, 0.3) is 10.8 Å². The molecule has 2 aliphatic carbocycles. The zero-order chi connectivity index (χ0) is 49.2. The topological polar surface area (TPSA) is 159 Å². The van der Waals surface area contributed by atoms with E-state index in [-0.39, 0.29) is 83.6 Å². The van der Waals surface area contributed by atoms with Crippen LogP contribution in [-0.2, 0) is 20.8 Å². The van der Waals surface area contributed by atoms with Crippen molar-refractivity contribution in [1.82, 2.24) is 40.0 Å². The number of likely N-dealkylation sites (tertiary alicyclic amines) is 3. The van der Waals surface area contributed by atoms with Gasteiger partial charge in [-0.1, -0.05) is 55.7 Å². The second-order valence-electron chi connectivity index (χ2n) is 21.3. The minimum atomic E-state index is -0.773. The van der Waals surface area contributed by atoms with Gasteiger partial charge in [-0.25, -0.2) is 13.9 Å². The number of benzene rings is 3. The van der Waals surface area contributed by atoms with Crippen molar-refractivity contribution in [2.45, 2.75) is 102 Å². The fourth-order valence-corrected chi connectivity index (χ4v) is 12.4. The Labute approximate surface area is 413 Å².